The van der Waals surface area contributed by atoms with Crippen LogP contribution in [-0.4, -0.2) is 17.0 Å². The van der Waals surface area contributed by atoms with Gasteiger partial charge in [0, 0.05) is 0 Å². The molecule has 0 N–H and O–H groups in total. The molecule has 0 unspecified atom stereocenters. The van der Waals surface area contributed by atoms with E-state index in [1.165, 1.54) is 0 Å². The van der Waals surface area contributed by atoms with Crippen molar-refractivity contribution in [2.45, 2.75) is 6.92 Å². The van der Waals surface area contributed by atoms with Crippen LogP contribution in [0.1, 0.15) is 6.92 Å². The number of hydrogen-bond donors (Lipinski definition) is 0. The molecule has 0 spiro atoms. The second kappa shape index (κ2) is 4.53. The molecule has 0 aromatic heterocycles. The molecule has 0 saturated heterocycles. The van der Waals surface area contributed by atoms with Crippen LogP contribution >= 0.6 is 28.1 Å². The van der Waals surface area contributed by atoms with Gasteiger partial charge >= 0.3 is 0 Å². The number of rotatable bonds is 2. The number of hydrogen-bond acceptors (Lipinski definition) is 2. The highest BCUT2D eigenvalue weighted by atomic mass is 79.9. The average Bonchev–Trinajstić information content (AvgIpc) is 1.68. The molecule has 7 heavy (non-hydrogen) atoms. The van der Waals surface area contributed by atoms with Gasteiger partial charge < -0.3 is 4.74 Å². The fourth-order valence-corrected chi connectivity index (χ4v) is 0.479. The molecule has 0 rings (SSSR count). The molecule has 0 atom stereocenters. The number of ether oxygens (including phenoxy) is 1. The van der Waals surface area contributed by atoms with Crippen molar-refractivity contribution in [3.63, 3.8) is 0 Å². The van der Waals surface area contributed by atoms with Crippen LogP contribution in [0.5, 0.6) is 0 Å². The second-order valence-corrected chi connectivity index (χ2v) is 1.95. The highest BCUT2D eigenvalue weighted by Crippen LogP contribution is 1.86. The first-order valence-electron chi connectivity index (χ1n) is 2.02. The fourth-order valence-electron chi connectivity index (χ4n) is 0.200. The van der Waals surface area contributed by atoms with E-state index in [2.05, 4.69) is 28.1 Å². The number of alkyl halides is 1. The van der Waals surface area contributed by atoms with E-state index in [9.17, 15) is 0 Å². The van der Waals surface area contributed by atoms with Gasteiger partial charge in [0.15, 0.2) is 5.05 Å². The maximum atomic E-state index is 4.88. The Kier molecular flexibility index (Phi) is 4.77. The summed E-state index contributed by atoms with van der Waals surface area (Å²) in [4.78, 5) is 0. The Morgan fingerprint density at radius 2 is 2.43 bits per heavy atom. The first-order valence-corrected chi connectivity index (χ1v) is 3.55. The quantitative estimate of drug-likeness (QED) is 0.476. The zero-order valence-electron chi connectivity index (χ0n) is 4.11. The third kappa shape index (κ3) is 4.22. The highest BCUT2D eigenvalue weighted by molar-refractivity contribution is 9.09. The zero-order valence-corrected chi connectivity index (χ0v) is 6.51. The van der Waals surface area contributed by atoms with Crippen molar-refractivity contribution in [3.05, 3.63) is 0 Å². The van der Waals surface area contributed by atoms with Crippen LogP contribution in [0.4, 0.5) is 0 Å². The molecule has 0 aromatic carbocycles. The fraction of sp³-hybridized carbons (Fsp3) is 0.750. The summed E-state index contributed by atoms with van der Waals surface area (Å²) in [7, 11) is 0. The topological polar surface area (TPSA) is 9.23 Å². The normalized spacial score (nSPS) is 8.29. The Bertz CT molecular complexity index is 64.7. The van der Waals surface area contributed by atoms with Gasteiger partial charge in [-0.1, -0.05) is 15.9 Å². The minimum absolute atomic E-state index is 0.627. The Labute approximate surface area is 57.2 Å². The van der Waals surface area contributed by atoms with Crippen molar-refractivity contribution in [1.82, 2.24) is 0 Å². The molecule has 0 aliphatic rings. The van der Waals surface area contributed by atoms with E-state index in [-0.39, 0.29) is 0 Å². The lowest BCUT2D eigenvalue weighted by atomic mass is 10.8. The molecular formula is C4H7BrOS. The molecule has 0 aromatic rings. The van der Waals surface area contributed by atoms with Crippen LogP contribution in [0.25, 0.3) is 0 Å². The molecule has 0 aliphatic carbocycles. The molecule has 42 valence electrons. The van der Waals surface area contributed by atoms with Crippen molar-refractivity contribution in [1.29, 1.82) is 0 Å². The van der Waals surface area contributed by atoms with Crippen molar-refractivity contribution in [3.8, 4) is 0 Å². The highest BCUT2D eigenvalue weighted by Gasteiger charge is 1.87. The molecule has 0 aliphatic heterocycles. The van der Waals surface area contributed by atoms with Crippen molar-refractivity contribution in [2.75, 3.05) is 11.9 Å². The van der Waals surface area contributed by atoms with Crippen LogP contribution in [0.15, 0.2) is 0 Å². The average molecular weight is 183 g/mol. The molecule has 0 heterocycles. The summed E-state index contributed by atoms with van der Waals surface area (Å²) < 4.78 is 4.88. The molecule has 0 fully saturated rings. The van der Waals surface area contributed by atoms with Crippen LogP contribution in [-0.2, 0) is 4.74 Å². The molecular weight excluding hydrogens is 176 g/mol. The van der Waals surface area contributed by atoms with Gasteiger partial charge in [0.05, 0.1) is 11.9 Å². The summed E-state index contributed by atoms with van der Waals surface area (Å²) in [5.74, 6) is 0. The molecule has 3 heteroatoms. The smallest absolute Gasteiger partial charge is 0.170 e. The lowest BCUT2D eigenvalue weighted by molar-refractivity contribution is 0.335. The SMILES string of the molecule is CCOC(=S)CBr. The molecule has 0 saturated carbocycles. The lowest BCUT2D eigenvalue weighted by Gasteiger charge is -1.96. The van der Waals surface area contributed by atoms with E-state index >= 15 is 0 Å². The third-order valence-corrected chi connectivity index (χ3v) is 1.56. The summed E-state index contributed by atoms with van der Waals surface area (Å²) in [5.41, 5.74) is 0. The standard InChI is InChI=1S/C4H7BrOS/c1-2-6-4(7)3-5/h2-3H2,1H3. The summed E-state index contributed by atoms with van der Waals surface area (Å²) in [6, 6.07) is 0. The van der Waals surface area contributed by atoms with Gasteiger partial charge in [-0.15, -0.1) is 0 Å². The Morgan fingerprint density at radius 3 is 2.57 bits per heavy atom. The van der Waals surface area contributed by atoms with Gasteiger partial charge in [-0.05, 0) is 19.1 Å². The summed E-state index contributed by atoms with van der Waals surface area (Å²) in [6.45, 7) is 2.58. The predicted octanol–water partition coefficient (Wildman–Crippen LogP) is 1.75. The molecule has 0 radical (unpaired) electrons. The Balaban J connectivity index is 3.00. The first kappa shape index (κ1) is 7.37. The van der Waals surface area contributed by atoms with Crippen LogP contribution in [0, 0.1) is 0 Å². The van der Waals surface area contributed by atoms with E-state index in [1.807, 2.05) is 6.92 Å². The van der Waals surface area contributed by atoms with Gasteiger partial charge in [0.1, 0.15) is 0 Å². The first-order chi connectivity index (χ1) is 3.31. The van der Waals surface area contributed by atoms with E-state index in [1.54, 1.807) is 0 Å². The molecule has 1 nitrogen and oxygen atoms in total. The minimum Gasteiger partial charge on any atom is -0.486 e. The largest absolute Gasteiger partial charge is 0.486 e. The van der Waals surface area contributed by atoms with Crippen LogP contribution in [0.2, 0.25) is 0 Å². The van der Waals surface area contributed by atoms with E-state index < -0.39 is 0 Å². The lowest BCUT2D eigenvalue weighted by Crippen LogP contribution is -2.00. The van der Waals surface area contributed by atoms with Gasteiger partial charge in [-0.2, -0.15) is 0 Å². The summed E-state index contributed by atoms with van der Waals surface area (Å²) in [6.07, 6.45) is 0. The van der Waals surface area contributed by atoms with Gasteiger partial charge in [0.2, 0.25) is 0 Å². The van der Waals surface area contributed by atoms with Gasteiger partial charge in [-0.3, -0.25) is 0 Å². The van der Waals surface area contributed by atoms with E-state index in [0.717, 1.165) is 0 Å². The summed E-state index contributed by atoms with van der Waals surface area (Å²) >= 11 is 7.83. The van der Waals surface area contributed by atoms with Gasteiger partial charge in [0.25, 0.3) is 0 Å². The molecule has 0 amide bonds. The van der Waals surface area contributed by atoms with E-state index in [4.69, 9.17) is 4.74 Å². The van der Waals surface area contributed by atoms with Crippen LogP contribution < -0.4 is 0 Å². The van der Waals surface area contributed by atoms with Crippen molar-refractivity contribution >= 4 is 33.2 Å². The van der Waals surface area contributed by atoms with Crippen molar-refractivity contribution < 1.29 is 4.74 Å². The zero-order chi connectivity index (χ0) is 5.70. The van der Waals surface area contributed by atoms with Gasteiger partial charge in [-0.25, -0.2) is 0 Å². The van der Waals surface area contributed by atoms with E-state index in [0.29, 0.717) is 17.0 Å². The maximum Gasteiger partial charge on any atom is 0.170 e. The van der Waals surface area contributed by atoms with Crippen LogP contribution in [0.3, 0.4) is 0 Å². The van der Waals surface area contributed by atoms with Crippen molar-refractivity contribution in [2.24, 2.45) is 0 Å². The molecule has 0 bridgehead atoms. The summed E-state index contributed by atoms with van der Waals surface area (Å²) in [5, 5.41) is 1.29. The second-order valence-electron chi connectivity index (χ2n) is 0.939. The number of halogens is 1. The minimum atomic E-state index is 0.627. The number of thiocarbonyl (C=S) groups is 1. The monoisotopic (exact) mass is 182 g/mol. The third-order valence-electron chi connectivity index (χ3n) is 0.414. The maximum absolute atomic E-state index is 4.88. The Hall–Kier alpha value is 0.370. The Morgan fingerprint density at radius 1 is 1.86 bits per heavy atom. The predicted molar refractivity (Wildman–Crippen MR) is 38.0 cm³/mol.